The number of amides is 2. The largest absolute Gasteiger partial charge is 0.478 e. The number of likely N-dealkylation sites (N-methyl/N-ethyl adjacent to an activating group) is 1. The molecule has 2 aromatic rings. The van der Waals surface area contributed by atoms with Gasteiger partial charge in [0.15, 0.2) is 5.78 Å². The fourth-order valence-corrected chi connectivity index (χ4v) is 5.83. The van der Waals surface area contributed by atoms with Crippen molar-refractivity contribution < 1.29 is 24.3 Å². The number of carbonyl (C=O) groups is 4. The lowest BCUT2D eigenvalue weighted by atomic mass is 9.94. The van der Waals surface area contributed by atoms with Gasteiger partial charge in [-0.15, -0.1) is 0 Å². The van der Waals surface area contributed by atoms with Gasteiger partial charge in [-0.1, -0.05) is 94.8 Å². The maximum absolute atomic E-state index is 14.1. The molecule has 0 saturated carbocycles. The van der Waals surface area contributed by atoms with Crippen molar-refractivity contribution in [1.82, 2.24) is 15.1 Å². The monoisotopic (exact) mass is 603 g/mol. The fraction of sp³-hybridized carbons (Fsp3) is 0.500. The van der Waals surface area contributed by atoms with E-state index in [1.807, 2.05) is 44.2 Å². The second-order valence-corrected chi connectivity index (χ2v) is 12.7. The first-order chi connectivity index (χ1) is 20.8. The van der Waals surface area contributed by atoms with Crippen LogP contribution in [0.1, 0.15) is 82.3 Å². The lowest BCUT2D eigenvalue weighted by Crippen LogP contribution is -2.58. The molecule has 2 amide bonds. The molecule has 0 aliphatic carbocycles. The average molecular weight is 604 g/mol. The molecule has 8 nitrogen and oxygen atoms in total. The van der Waals surface area contributed by atoms with Gasteiger partial charge in [0.2, 0.25) is 11.8 Å². The summed E-state index contributed by atoms with van der Waals surface area (Å²) in [4.78, 5) is 56.3. The van der Waals surface area contributed by atoms with Crippen LogP contribution in [-0.4, -0.2) is 76.2 Å². The predicted octanol–water partition coefficient (Wildman–Crippen LogP) is 5.36. The Balaban J connectivity index is 1.91. The Bertz CT molecular complexity index is 1320. The maximum atomic E-state index is 14.1. The summed E-state index contributed by atoms with van der Waals surface area (Å²) in [5, 5.41) is 12.6. The molecule has 0 aromatic heterocycles. The Kier molecular flexibility index (Phi) is 12.5. The van der Waals surface area contributed by atoms with Crippen LogP contribution in [0.4, 0.5) is 0 Å². The number of ketones is 1. The zero-order valence-corrected chi connectivity index (χ0v) is 27.2. The molecule has 2 unspecified atom stereocenters. The van der Waals surface area contributed by atoms with Gasteiger partial charge in [0.05, 0.1) is 12.1 Å². The number of carboxylic acid groups (broad SMARTS) is 1. The van der Waals surface area contributed by atoms with Gasteiger partial charge in [0.1, 0.15) is 6.04 Å². The summed E-state index contributed by atoms with van der Waals surface area (Å²) in [5.41, 5.74) is 2.09. The zero-order valence-electron chi connectivity index (χ0n) is 27.2. The molecule has 2 N–H and O–H groups in total. The molecule has 1 aliphatic heterocycles. The van der Waals surface area contributed by atoms with E-state index < -0.39 is 18.1 Å². The number of nitrogens with zero attached hydrogens (tertiary/aromatic N) is 2. The van der Waals surface area contributed by atoms with Crippen molar-refractivity contribution in [1.29, 1.82) is 0 Å². The van der Waals surface area contributed by atoms with E-state index in [1.54, 1.807) is 42.3 Å². The van der Waals surface area contributed by atoms with Crippen LogP contribution >= 0.6 is 0 Å². The normalized spacial score (nSPS) is 18.0. The highest BCUT2D eigenvalue weighted by atomic mass is 16.4. The van der Waals surface area contributed by atoms with E-state index >= 15 is 0 Å². The number of hydrogen-bond acceptors (Lipinski definition) is 5. The molecule has 0 radical (unpaired) electrons. The van der Waals surface area contributed by atoms with E-state index in [2.05, 4.69) is 31.0 Å². The van der Waals surface area contributed by atoms with Gasteiger partial charge in [-0.3, -0.25) is 19.3 Å². The first-order valence-corrected chi connectivity index (χ1v) is 15.7. The van der Waals surface area contributed by atoms with E-state index in [-0.39, 0.29) is 47.6 Å². The van der Waals surface area contributed by atoms with Gasteiger partial charge in [0.25, 0.3) is 0 Å². The molecule has 2 aromatic carbocycles. The lowest BCUT2D eigenvalue weighted by molar-refractivity contribution is -0.139. The summed E-state index contributed by atoms with van der Waals surface area (Å²) in [5.74, 6) is -1.27. The minimum absolute atomic E-state index is 0.0568. The SMILES string of the molecule is C/C(=C\[C@H](C(C)C)N(C)C(=O)[C@H](Cc1ccc(C(=O)c2ccccc2)cc1)NC(=O)C1CCCCN1C(C)C(C)C)C(=O)O. The third kappa shape index (κ3) is 8.88. The molecule has 3 rings (SSSR count). The molecule has 0 bridgehead atoms. The van der Waals surface area contributed by atoms with E-state index in [9.17, 15) is 24.3 Å². The van der Waals surface area contributed by atoms with Gasteiger partial charge in [-0.2, -0.15) is 0 Å². The number of piperidine rings is 1. The quantitative estimate of drug-likeness (QED) is 0.236. The summed E-state index contributed by atoms with van der Waals surface area (Å²) >= 11 is 0. The first kappa shape index (κ1) is 34.7. The zero-order chi connectivity index (χ0) is 32.6. The van der Waals surface area contributed by atoms with E-state index in [0.717, 1.165) is 31.4 Å². The standard InChI is InChI=1S/C36H49N3O5/c1-23(2)26(6)39-20-12-11-15-31(39)34(41)37-30(35(42)38(7)32(24(3)4)21-25(5)36(43)44)22-27-16-18-29(19-17-27)33(40)28-13-9-8-10-14-28/h8-10,13-14,16-19,21,23-24,26,30-32H,11-12,15,20,22H2,1-7H3,(H,37,41)(H,43,44)/b25-21+/t26?,30-,31?,32+/m0/s1. The number of likely N-dealkylation sites (tertiary alicyclic amines) is 1. The molecule has 1 fully saturated rings. The summed E-state index contributed by atoms with van der Waals surface area (Å²) in [6.07, 6.45) is 4.54. The third-order valence-electron chi connectivity index (χ3n) is 8.88. The number of hydrogen-bond donors (Lipinski definition) is 2. The van der Waals surface area contributed by atoms with Crippen LogP contribution in [0.2, 0.25) is 0 Å². The summed E-state index contributed by atoms with van der Waals surface area (Å²) < 4.78 is 0. The highest BCUT2D eigenvalue weighted by Gasteiger charge is 2.36. The Morgan fingerprint density at radius 1 is 0.932 bits per heavy atom. The van der Waals surface area contributed by atoms with Crippen LogP contribution < -0.4 is 5.32 Å². The van der Waals surface area contributed by atoms with Crippen LogP contribution in [-0.2, 0) is 20.8 Å². The van der Waals surface area contributed by atoms with Gasteiger partial charge in [-0.05, 0) is 50.6 Å². The van der Waals surface area contributed by atoms with Crippen molar-refractivity contribution in [2.45, 2.75) is 91.4 Å². The predicted molar refractivity (Wildman–Crippen MR) is 173 cm³/mol. The lowest BCUT2D eigenvalue weighted by Gasteiger charge is -2.41. The van der Waals surface area contributed by atoms with E-state index in [0.29, 0.717) is 17.0 Å². The minimum Gasteiger partial charge on any atom is -0.478 e. The molecule has 238 valence electrons. The van der Waals surface area contributed by atoms with Gasteiger partial charge in [0, 0.05) is 36.2 Å². The summed E-state index contributed by atoms with van der Waals surface area (Å²) in [7, 11) is 1.66. The van der Waals surface area contributed by atoms with Gasteiger partial charge >= 0.3 is 5.97 Å². The van der Waals surface area contributed by atoms with Crippen molar-refractivity contribution in [3.63, 3.8) is 0 Å². The number of aliphatic carboxylic acids is 1. The van der Waals surface area contributed by atoms with Crippen LogP contribution in [0, 0.1) is 11.8 Å². The number of rotatable bonds is 13. The van der Waals surface area contributed by atoms with Crippen LogP contribution in [0.15, 0.2) is 66.2 Å². The Morgan fingerprint density at radius 2 is 1.55 bits per heavy atom. The minimum atomic E-state index is -1.04. The Morgan fingerprint density at radius 3 is 2.11 bits per heavy atom. The third-order valence-corrected chi connectivity index (χ3v) is 8.88. The molecule has 44 heavy (non-hydrogen) atoms. The summed E-state index contributed by atoms with van der Waals surface area (Å²) in [6, 6.07) is 14.7. The molecule has 4 atom stereocenters. The molecular weight excluding hydrogens is 554 g/mol. The molecule has 1 heterocycles. The topological polar surface area (TPSA) is 107 Å². The number of benzene rings is 2. The van der Waals surface area contributed by atoms with Crippen molar-refractivity contribution in [2.75, 3.05) is 13.6 Å². The van der Waals surface area contributed by atoms with Gasteiger partial charge in [-0.25, -0.2) is 4.79 Å². The van der Waals surface area contributed by atoms with Gasteiger partial charge < -0.3 is 15.3 Å². The fourth-order valence-electron chi connectivity index (χ4n) is 5.83. The molecule has 1 saturated heterocycles. The van der Waals surface area contributed by atoms with Crippen LogP contribution in [0.25, 0.3) is 0 Å². The Hall–Kier alpha value is -3.78. The van der Waals surface area contributed by atoms with Crippen molar-refractivity contribution in [3.8, 4) is 0 Å². The van der Waals surface area contributed by atoms with Crippen LogP contribution in [0.5, 0.6) is 0 Å². The molecule has 0 spiro atoms. The van der Waals surface area contributed by atoms with Crippen molar-refractivity contribution in [3.05, 3.63) is 82.9 Å². The number of carboxylic acids is 1. The first-order valence-electron chi connectivity index (χ1n) is 15.7. The maximum Gasteiger partial charge on any atom is 0.331 e. The van der Waals surface area contributed by atoms with E-state index in [1.165, 1.54) is 6.92 Å². The average Bonchev–Trinajstić information content (AvgIpc) is 3.02. The van der Waals surface area contributed by atoms with E-state index in [4.69, 9.17) is 0 Å². The van der Waals surface area contributed by atoms with Crippen LogP contribution in [0.3, 0.4) is 0 Å². The number of carbonyl (C=O) groups excluding carboxylic acids is 3. The molecule has 8 heteroatoms. The highest BCUT2D eigenvalue weighted by Crippen LogP contribution is 2.24. The van der Waals surface area contributed by atoms with Crippen molar-refractivity contribution in [2.24, 2.45) is 11.8 Å². The number of nitrogens with one attached hydrogen (secondary N) is 1. The molecular formula is C36H49N3O5. The smallest absolute Gasteiger partial charge is 0.331 e. The highest BCUT2D eigenvalue weighted by molar-refractivity contribution is 6.09. The second-order valence-electron chi connectivity index (χ2n) is 12.7. The molecule has 1 aliphatic rings. The summed E-state index contributed by atoms with van der Waals surface area (Å²) in [6.45, 7) is 12.7. The van der Waals surface area contributed by atoms with Crippen molar-refractivity contribution >= 4 is 23.6 Å². The second kappa shape index (κ2) is 15.8. The Labute approximate surface area is 262 Å².